The van der Waals surface area contributed by atoms with E-state index in [2.05, 4.69) is 35.3 Å². The maximum absolute atomic E-state index is 13.2. The van der Waals surface area contributed by atoms with E-state index in [1.165, 1.54) is 37.7 Å². The van der Waals surface area contributed by atoms with Crippen LogP contribution in [0.2, 0.25) is 0 Å². The van der Waals surface area contributed by atoms with Crippen molar-refractivity contribution in [2.24, 2.45) is 5.92 Å². The zero-order valence-electron chi connectivity index (χ0n) is 20.9. The van der Waals surface area contributed by atoms with E-state index >= 15 is 0 Å². The second-order valence-electron chi connectivity index (χ2n) is 9.47. The van der Waals surface area contributed by atoms with Crippen LogP contribution in [0, 0.1) is 11.7 Å². The monoisotopic (exact) mass is 505 g/mol. The summed E-state index contributed by atoms with van der Waals surface area (Å²) in [5.74, 6) is 1.76. The quantitative estimate of drug-likeness (QED) is 0.465. The van der Waals surface area contributed by atoms with Gasteiger partial charge < -0.3 is 19.9 Å². The largest absolute Gasteiger partial charge is 0.476 e. The molecule has 2 aromatic heterocycles. The van der Waals surface area contributed by atoms with Gasteiger partial charge in [-0.05, 0) is 68.5 Å². The number of benzene rings is 1. The number of carbonyl (C=O) groups is 1. The van der Waals surface area contributed by atoms with Crippen LogP contribution in [0.3, 0.4) is 0 Å². The number of carbonyl (C=O) groups excluding carboxylic acids is 1. The lowest BCUT2D eigenvalue weighted by atomic mass is 9.97. The Morgan fingerprint density at radius 3 is 2.54 bits per heavy atom. The van der Waals surface area contributed by atoms with Crippen molar-refractivity contribution in [1.82, 2.24) is 25.5 Å². The Morgan fingerprint density at radius 2 is 1.76 bits per heavy atom. The summed E-state index contributed by atoms with van der Waals surface area (Å²) in [6.07, 6.45) is 6.88. The van der Waals surface area contributed by atoms with Crippen molar-refractivity contribution in [2.45, 2.75) is 32.1 Å². The standard InChI is InChI=1S/C27H32FN7O2/c28-22-8-6-20(7-9-22)23-10-11-24(33-32-23)35-15-4-5-21(18-35)27(36)29-12-16-37-26-17-25(30-19-31-26)34-13-2-1-3-14-34/h6-11,17,19,21H,1-5,12-16,18H2,(H,29,36). The second kappa shape index (κ2) is 11.9. The zero-order valence-corrected chi connectivity index (χ0v) is 20.9. The van der Waals surface area contributed by atoms with Gasteiger partial charge in [0, 0.05) is 37.8 Å². The molecule has 0 radical (unpaired) electrons. The Balaban J connectivity index is 1.08. The zero-order chi connectivity index (χ0) is 25.5. The smallest absolute Gasteiger partial charge is 0.225 e. The number of nitrogens with zero attached hydrogens (tertiary/aromatic N) is 6. The molecule has 0 saturated carbocycles. The van der Waals surface area contributed by atoms with Crippen molar-refractivity contribution in [1.29, 1.82) is 0 Å². The fraction of sp³-hybridized carbons (Fsp3) is 0.444. The van der Waals surface area contributed by atoms with Crippen LogP contribution in [-0.4, -0.2) is 65.4 Å². The van der Waals surface area contributed by atoms with E-state index in [0.29, 0.717) is 31.3 Å². The van der Waals surface area contributed by atoms with Crippen LogP contribution in [0.4, 0.5) is 16.0 Å². The minimum atomic E-state index is -0.284. The molecule has 2 aliphatic rings. The molecule has 0 aliphatic carbocycles. The van der Waals surface area contributed by atoms with Gasteiger partial charge in [0.25, 0.3) is 0 Å². The lowest BCUT2D eigenvalue weighted by Gasteiger charge is -2.32. The third-order valence-corrected chi connectivity index (χ3v) is 6.87. The molecule has 1 unspecified atom stereocenters. The summed E-state index contributed by atoms with van der Waals surface area (Å²) in [5.41, 5.74) is 1.49. The minimum absolute atomic E-state index is 0.0147. The molecule has 37 heavy (non-hydrogen) atoms. The van der Waals surface area contributed by atoms with Crippen molar-refractivity contribution in [3.63, 3.8) is 0 Å². The molecule has 5 rings (SSSR count). The number of ether oxygens (including phenoxy) is 1. The van der Waals surface area contributed by atoms with Crippen molar-refractivity contribution < 1.29 is 13.9 Å². The normalized spacial score (nSPS) is 17.9. The van der Waals surface area contributed by atoms with E-state index in [1.807, 2.05) is 18.2 Å². The molecule has 2 saturated heterocycles. The predicted octanol–water partition coefficient (Wildman–Crippen LogP) is 3.47. The highest BCUT2D eigenvalue weighted by molar-refractivity contribution is 5.79. The molecule has 3 aromatic rings. The number of hydrogen-bond donors (Lipinski definition) is 1. The van der Waals surface area contributed by atoms with Gasteiger partial charge in [-0.15, -0.1) is 10.2 Å². The van der Waals surface area contributed by atoms with E-state index in [0.717, 1.165) is 49.7 Å². The molecular formula is C27H32FN7O2. The number of amides is 1. The molecule has 4 heterocycles. The molecule has 1 aromatic carbocycles. The minimum Gasteiger partial charge on any atom is -0.476 e. The van der Waals surface area contributed by atoms with Gasteiger partial charge in [0.05, 0.1) is 18.2 Å². The highest BCUT2D eigenvalue weighted by atomic mass is 19.1. The second-order valence-corrected chi connectivity index (χ2v) is 9.47. The van der Waals surface area contributed by atoms with E-state index in [4.69, 9.17) is 4.74 Å². The van der Waals surface area contributed by atoms with Crippen LogP contribution in [0.15, 0.2) is 48.8 Å². The Hall–Kier alpha value is -3.82. The lowest BCUT2D eigenvalue weighted by Crippen LogP contribution is -2.44. The molecule has 0 spiro atoms. The molecule has 1 N–H and O–H groups in total. The molecule has 1 atom stereocenters. The van der Waals surface area contributed by atoms with Crippen molar-refractivity contribution >= 4 is 17.5 Å². The van der Waals surface area contributed by atoms with Crippen molar-refractivity contribution in [3.05, 3.63) is 54.6 Å². The van der Waals surface area contributed by atoms with Crippen LogP contribution < -0.4 is 19.9 Å². The molecule has 194 valence electrons. The maximum atomic E-state index is 13.2. The highest BCUT2D eigenvalue weighted by Gasteiger charge is 2.26. The van der Waals surface area contributed by atoms with Crippen LogP contribution in [0.5, 0.6) is 5.88 Å². The third-order valence-electron chi connectivity index (χ3n) is 6.87. The van der Waals surface area contributed by atoms with E-state index in [-0.39, 0.29) is 17.6 Å². The fourth-order valence-corrected chi connectivity index (χ4v) is 4.85. The van der Waals surface area contributed by atoms with E-state index < -0.39 is 0 Å². The summed E-state index contributed by atoms with van der Waals surface area (Å²) in [6, 6.07) is 11.8. The number of aromatic nitrogens is 4. The van der Waals surface area contributed by atoms with E-state index in [1.54, 1.807) is 12.1 Å². The van der Waals surface area contributed by atoms with Gasteiger partial charge in [-0.2, -0.15) is 0 Å². The van der Waals surface area contributed by atoms with E-state index in [9.17, 15) is 9.18 Å². The van der Waals surface area contributed by atoms with Gasteiger partial charge in [0.15, 0.2) is 5.82 Å². The van der Waals surface area contributed by atoms with Crippen molar-refractivity contribution in [3.8, 4) is 17.1 Å². The first-order chi connectivity index (χ1) is 18.2. The number of rotatable bonds is 8. The lowest BCUT2D eigenvalue weighted by molar-refractivity contribution is -0.125. The summed E-state index contributed by atoms with van der Waals surface area (Å²) in [5, 5.41) is 11.7. The molecule has 1 amide bonds. The Kier molecular flexibility index (Phi) is 8.02. The number of anilines is 2. The molecular weight excluding hydrogens is 473 g/mol. The average molecular weight is 506 g/mol. The molecule has 9 nitrogen and oxygen atoms in total. The molecule has 10 heteroatoms. The van der Waals surface area contributed by atoms with Gasteiger partial charge in [-0.25, -0.2) is 14.4 Å². The van der Waals surface area contributed by atoms with Crippen LogP contribution >= 0.6 is 0 Å². The Bertz CT molecular complexity index is 1170. The molecule has 2 fully saturated rings. The van der Waals surface area contributed by atoms with Gasteiger partial charge in [-0.3, -0.25) is 4.79 Å². The van der Waals surface area contributed by atoms with Gasteiger partial charge in [0.2, 0.25) is 11.8 Å². The SMILES string of the molecule is O=C(NCCOc1cc(N2CCCCC2)ncn1)C1CCCN(c2ccc(-c3ccc(F)cc3)nn2)C1. The number of hydrogen-bond acceptors (Lipinski definition) is 8. The first-order valence-corrected chi connectivity index (χ1v) is 13.0. The number of nitrogens with one attached hydrogen (secondary N) is 1. The first-order valence-electron chi connectivity index (χ1n) is 13.0. The predicted molar refractivity (Wildman–Crippen MR) is 139 cm³/mol. The molecule has 2 aliphatic heterocycles. The molecule has 0 bridgehead atoms. The summed E-state index contributed by atoms with van der Waals surface area (Å²) in [6.45, 7) is 4.18. The summed E-state index contributed by atoms with van der Waals surface area (Å²) in [7, 11) is 0. The van der Waals surface area contributed by atoms with Gasteiger partial charge in [0.1, 0.15) is 24.6 Å². The van der Waals surface area contributed by atoms with Gasteiger partial charge in [-0.1, -0.05) is 0 Å². The summed E-state index contributed by atoms with van der Waals surface area (Å²) >= 11 is 0. The highest BCUT2D eigenvalue weighted by Crippen LogP contribution is 2.24. The van der Waals surface area contributed by atoms with Crippen molar-refractivity contribution in [2.75, 3.05) is 49.1 Å². The Morgan fingerprint density at radius 1 is 0.946 bits per heavy atom. The average Bonchev–Trinajstić information content (AvgIpc) is 2.96. The summed E-state index contributed by atoms with van der Waals surface area (Å²) < 4.78 is 19.0. The summed E-state index contributed by atoms with van der Waals surface area (Å²) in [4.78, 5) is 25.8. The first kappa shape index (κ1) is 24.9. The fourth-order valence-electron chi connectivity index (χ4n) is 4.85. The van der Waals surface area contributed by atoms with Crippen LogP contribution in [-0.2, 0) is 4.79 Å². The third kappa shape index (κ3) is 6.49. The number of piperidine rings is 2. The number of halogens is 1. The topological polar surface area (TPSA) is 96.4 Å². The maximum Gasteiger partial charge on any atom is 0.225 e. The van der Waals surface area contributed by atoms with Gasteiger partial charge >= 0.3 is 0 Å². The Labute approximate surface area is 216 Å². The van der Waals surface area contributed by atoms with Crippen LogP contribution in [0.1, 0.15) is 32.1 Å². The van der Waals surface area contributed by atoms with Crippen LogP contribution in [0.25, 0.3) is 11.3 Å².